The number of nitrogens with one attached hydrogen (secondary N) is 1. The zero-order valence-electron chi connectivity index (χ0n) is 10.7. The monoisotopic (exact) mass is 252 g/mol. The average molecular weight is 252 g/mol. The highest BCUT2D eigenvalue weighted by atomic mass is 16.5. The number of nitrogens with two attached hydrogens (primary N) is 1. The summed E-state index contributed by atoms with van der Waals surface area (Å²) in [5.41, 5.74) is 6.42. The molecular formula is C12H20N4O2. The molecule has 0 atom stereocenters. The van der Waals surface area contributed by atoms with Crippen molar-refractivity contribution >= 4 is 11.6 Å². The van der Waals surface area contributed by atoms with Crippen molar-refractivity contribution in [1.82, 2.24) is 15.1 Å². The SMILES string of the molecule is CCn1cc(N)c(C(=O)NCCOCC2CC2)n1. The van der Waals surface area contributed by atoms with E-state index < -0.39 is 0 Å². The van der Waals surface area contributed by atoms with Crippen LogP contribution in [0.1, 0.15) is 30.3 Å². The van der Waals surface area contributed by atoms with Gasteiger partial charge in [-0.3, -0.25) is 9.48 Å². The molecule has 0 saturated heterocycles. The molecule has 18 heavy (non-hydrogen) atoms. The van der Waals surface area contributed by atoms with Gasteiger partial charge in [-0.1, -0.05) is 0 Å². The van der Waals surface area contributed by atoms with Crippen LogP contribution in [0, 0.1) is 5.92 Å². The van der Waals surface area contributed by atoms with Gasteiger partial charge in [0, 0.05) is 25.9 Å². The van der Waals surface area contributed by atoms with Crippen LogP contribution in [0.5, 0.6) is 0 Å². The summed E-state index contributed by atoms with van der Waals surface area (Å²) in [6.07, 6.45) is 4.22. The number of hydrogen-bond acceptors (Lipinski definition) is 4. The Morgan fingerprint density at radius 2 is 2.44 bits per heavy atom. The number of amides is 1. The van der Waals surface area contributed by atoms with Crippen molar-refractivity contribution in [3.8, 4) is 0 Å². The molecule has 1 heterocycles. The number of ether oxygens (including phenoxy) is 1. The third-order valence-corrected chi connectivity index (χ3v) is 2.91. The lowest BCUT2D eigenvalue weighted by molar-refractivity contribution is 0.0902. The molecule has 0 unspecified atom stereocenters. The Morgan fingerprint density at radius 1 is 1.67 bits per heavy atom. The maximum Gasteiger partial charge on any atom is 0.274 e. The summed E-state index contributed by atoms with van der Waals surface area (Å²) in [5, 5.41) is 6.86. The molecule has 1 amide bonds. The van der Waals surface area contributed by atoms with Crippen molar-refractivity contribution in [3.63, 3.8) is 0 Å². The van der Waals surface area contributed by atoms with Crippen LogP contribution in [-0.4, -0.2) is 35.4 Å². The lowest BCUT2D eigenvalue weighted by Crippen LogP contribution is -2.28. The minimum absolute atomic E-state index is 0.241. The summed E-state index contributed by atoms with van der Waals surface area (Å²) in [4.78, 5) is 11.8. The molecule has 2 rings (SSSR count). The van der Waals surface area contributed by atoms with Crippen molar-refractivity contribution < 1.29 is 9.53 Å². The van der Waals surface area contributed by atoms with E-state index in [4.69, 9.17) is 10.5 Å². The first-order valence-corrected chi connectivity index (χ1v) is 6.39. The maximum absolute atomic E-state index is 11.8. The summed E-state index contributed by atoms with van der Waals surface area (Å²) in [7, 11) is 0. The fourth-order valence-corrected chi connectivity index (χ4v) is 1.63. The van der Waals surface area contributed by atoms with E-state index in [0.29, 0.717) is 31.1 Å². The Morgan fingerprint density at radius 3 is 3.06 bits per heavy atom. The van der Waals surface area contributed by atoms with Gasteiger partial charge in [0.25, 0.3) is 5.91 Å². The number of aryl methyl sites for hydroxylation is 1. The van der Waals surface area contributed by atoms with E-state index in [-0.39, 0.29) is 5.91 Å². The van der Waals surface area contributed by atoms with Crippen LogP contribution < -0.4 is 11.1 Å². The van der Waals surface area contributed by atoms with Crippen LogP contribution in [0.25, 0.3) is 0 Å². The summed E-state index contributed by atoms with van der Waals surface area (Å²) in [6, 6.07) is 0. The van der Waals surface area contributed by atoms with Crippen LogP contribution >= 0.6 is 0 Å². The number of hydrogen-bond donors (Lipinski definition) is 2. The quantitative estimate of drug-likeness (QED) is 0.698. The van der Waals surface area contributed by atoms with Crippen LogP contribution in [-0.2, 0) is 11.3 Å². The predicted molar refractivity (Wildman–Crippen MR) is 68.2 cm³/mol. The smallest absolute Gasteiger partial charge is 0.274 e. The van der Waals surface area contributed by atoms with E-state index in [9.17, 15) is 4.79 Å². The molecule has 0 aliphatic heterocycles. The summed E-state index contributed by atoms with van der Waals surface area (Å²) in [6.45, 7) is 4.48. The van der Waals surface area contributed by atoms with E-state index >= 15 is 0 Å². The van der Waals surface area contributed by atoms with Gasteiger partial charge in [-0.2, -0.15) is 5.10 Å². The second-order valence-corrected chi connectivity index (χ2v) is 4.56. The highest BCUT2D eigenvalue weighted by Crippen LogP contribution is 2.28. The molecular weight excluding hydrogens is 232 g/mol. The molecule has 1 aliphatic rings. The first-order valence-electron chi connectivity index (χ1n) is 6.39. The molecule has 1 aromatic heterocycles. The average Bonchev–Trinajstić information content (AvgIpc) is 3.10. The highest BCUT2D eigenvalue weighted by Gasteiger charge is 2.21. The minimum Gasteiger partial charge on any atom is -0.396 e. The van der Waals surface area contributed by atoms with Crippen molar-refractivity contribution in [2.45, 2.75) is 26.3 Å². The van der Waals surface area contributed by atoms with E-state index in [1.165, 1.54) is 12.8 Å². The van der Waals surface area contributed by atoms with Crippen LogP contribution in [0.15, 0.2) is 6.20 Å². The minimum atomic E-state index is -0.241. The van der Waals surface area contributed by atoms with Gasteiger partial charge >= 0.3 is 0 Å². The number of rotatable bonds is 7. The van der Waals surface area contributed by atoms with Gasteiger partial charge in [0.15, 0.2) is 5.69 Å². The Kier molecular flexibility index (Phi) is 4.19. The second kappa shape index (κ2) is 5.86. The lowest BCUT2D eigenvalue weighted by Gasteiger charge is -2.04. The van der Waals surface area contributed by atoms with Gasteiger partial charge < -0.3 is 15.8 Å². The van der Waals surface area contributed by atoms with Crippen LogP contribution in [0.4, 0.5) is 5.69 Å². The molecule has 1 saturated carbocycles. The van der Waals surface area contributed by atoms with Crippen LogP contribution in [0.2, 0.25) is 0 Å². The zero-order valence-corrected chi connectivity index (χ0v) is 10.7. The highest BCUT2D eigenvalue weighted by molar-refractivity contribution is 5.96. The predicted octanol–water partition coefficient (Wildman–Crippen LogP) is 0.642. The molecule has 0 radical (unpaired) electrons. The number of nitrogens with zero attached hydrogens (tertiary/aromatic N) is 2. The molecule has 1 aliphatic carbocycles. The van der Waals surface area contributed by atoms with Gasteiger partial charge in [0.05, 0.1) is 12.3 Å². The zero-order chi connectivity index (χ0) is 13.0. The molecule has 3 N–H and O–H groups in total. The summed E-state index contributed by atoms with van der Waals surface area (Å²) >= 11 is 0. The van der Waals surface area contributed by atoms with Crippen molar-refractivity contribution in [2.24, 2.45) is 5.92 Å². The van der Waals surface area contributed by atoms with Crippen molar-refractivity contribution in [1.29, 1.82) is 0 Å². The standard InChI is InChI=1S/C12H20N4O2/c1-2-16-7-10(13)11(15-16)12(17)14-5-6-18-8-9-3-4-9/h7,9H,2-6,8,13H2,1H3,(H,14,17). The van der Waals surface area contributed by atoms with E-state index in [0.717, 1.165) is 12.5 Å². The van der Waals surface area contributed by atoms with Gasteiger partial charge in [-0.15, -0.1) is 0 Å². The number of nitrogen functional groups attached to an aromatic ring is 1. The third kappa shape index (κ3) is 3.46. The Balaban J connectivity index is 1.70. The Bertz CT molecular complexity index is 412. The Labute approximate surface area is 106 Å². The number of aromatic nitrogens is 2. The van der Waals surface area contributed by atoms with E-state index in [2.05, 4.69) is 10.4 Å². The lowest BCUT2D eigenvalue weighted by atomic mass is 10.3. The van der Waals surface area contributed by atoms with E-state index in [1.54, 1.807) is 10.9 Å². The third-order valence-electron chi connectivity index (χ3n) is 2.91. The van der Waals surface area contributed by atoms with Gasteiger partial charge in [-0.25, -0.2) is 0 Å². The normalized spacial score (nSPS) is 14.7. The van der Waals surface area contributed by atoms with Crippen LogP contribution in [0.3, 0.4) is 0 Å². The van der Waals surface area contributed by atoms with Gasteiger partial charge in [0.1, 0.15) is 0 Å². The first-order chi connectivity index (χ1) is 8.70. The number of carbonyl (C=O) groups is 1. The molecule has 0 bridgehead atoms. The molecule has 0 spiro atoms. The molecule has 100 valence electrons. The summed E-state index contributed by atoms with van der Waals surface area (Å²) in [5.74, 6) is 0.506. The topological polar surface area (TPSA) is 82.2 Å². The Hall–Kier alpha value is -1.56. The molecule has 1 fully saturated rings. The fourth-order valence-electron chi connectivity index (χ4n) is 1.63. The number of carbonyl (C=O) groups excluding carboxylic acids is 1. The first kappa shape index (κ1) is 12.9. The van der Waals surface area contributed by atoms with E-state index in [1.807, 2.05) is 6.92 Å². The second-order valence-electron chi connectivity index (χ2n) is 4.56. The molecule has 6 heteroatoms. The molecule has 6 nitrogen and oxygen atoms in total. The molecule has 1 aromatic rings. The molecule has 0 aromatic carbocycles. The fraction of sp³-hybridized carbons (Fsp3) is 0.667. The van der Waals surface area contributed by atoms with Gasteiger partial charge in [-0.05, 0) is 25.7 Å². The van der Waals surface area contributed by atoms with Crippen molar-refractivity contribution in [3.05, 3.63) is 11.9 Å². The maximum atomic E-state index is 11.8. The number of anilines is 1. The largest absolute Gasteiger partial charge is 0.396 e. The van der Waals surface area contributed by atoms with Gasteiger partial charge in [0.2, 0.25) is 0 Å². The summed E-state index contributed by atoms with van der Waals surface area (Å²) < 4.78 is 7.08. The van der Waals surface area contributed by atoms with Crippen molar-refractivity contribution in [2.75, 3.05) is 25.5 Å².